The van der Waals surface area contributed by atoms with Crippen molar-refractivity contribution in [1.29, 1.82) is 5.26 Å². The number of nitriles is 1. The van der Waals surface area contributed by atoms with Crippen molar-refractivity contribution in [2.24, 2.45) is 29.6 Å². The zero-order chi connectivity index (χ0) is 14.3. The quantitative estimate of drug-likeness (QED) is 0.790. The molecule has 4 aliphatic carbocycles. The normalized spacial score (nSPS) is 39.4. The highest BCUT2D eigenvalue weighted by atomic mass is 16.2. The molecular formula is C17H26N2O. The molecule has 110 valence electrons. The Kier molecular flexibility index (Phi) is 3.75. The molecular weight excluding hydrogens is 248 g/mol. The van der Waals surface area contributed by atoms with Crippen LogP contribution in [0.1, 0.15) is 51.9 Å². The lowest BCUT2D eigenvalue weighted by atomic mass is 9.50. The number of hydrogen-bond acceptors (Lipinski definition) is 2. The molecule has 4 rings (SSSR count). The summed E-state index contributed by atoms with van der Waals surface area (Å²) >= 11 is 0. The van der Waals surface area contributed by atoms with Gasteiger partial charge in [-0.05, 0) is 68.1 Å². The minimum atomic E-state index is -0.191. The van der Waals surface area contributed by atoms with Crippen LogP contribution in [0.2, 0.25) is 0 Å². The predicted molar refractivity (Wildman–Crippen MR) is 77.6 cm³/mol. The molecule has 0 aromatic carbocycles. The first-order valence-electron chi connectivity index (χ1n) is 8.29. The molecule has 0 heterocycles. The molecule has 1 atom stereocenters. The second kappa shape index (κ2) is 5.39. The molecule has 0 radical (unpaired) electrons. The van der Waals surface area contributed by atoms with E-state index in [-0.39, 0.29) is 11.9 Å². The summed E-state index contributed by atoms with van der Waals surface area (Å²) in [6.45, 7) is 2.02. The summed E-state index contributed by atoms with van der Waals surface area (Å²) in [6.07, 6.45) is 8.11. The van der Waals surface area contributed by atoms with Gasteiger partial charge in [0.25, 0.3) is 0 Å². The average molecular weight is 274 g/mol. The van der Waals surface area contributed by atoms with Crippen LogP contribution in [0.5, 0.6) is 0 Å². The highest BCUT2D eigenvalue weighted by Crippen LogP contribution is 2.57. The molecule has 3 heteroatoms. The van der Waals surface area contributed by atoms with E-state index < -0.39 is 0 Å². The van der Waals surface area contributed by atoms with Crippen molar-refractivity contribution in [3.05, 3.63) is 0 Å². The topological polar surface area (TPSA) is 44.1 Å². The molecule has 4 bridgehead atoms. The molecule has 0 aliphatic heterocycles. The second-order valence-corrected chi connectivity index (χ2v) is 7.34. The summed E-state index contributed by atoms with van der Waals surface area (Å²) in [4.78, 5) is 13.9. The molecule has 20 heavy (non-hydrogen) atoms. The van der Waals surface area contributed by atoms with Crippen LogP contribution in [0.4, 0.5) is 0 Å². The molecule has 1 unspecified atom stereocenters. The number of hydrogen-bond donors (Lipinski definition) is 0. The summed E-state index contributed by atoms with van der Waals surface area (Å²) < 4.78 is 0. The van der Waals surface area contributed by atoms with Crippen LogP contribution in [-0.2, 0) is 4.79 Å². The summed E-state index contributed by atoms with van der Waals surface area (Å²) in [7, 11) is 1.84. The molecule has 4 saturated carbocycles. The number of rotatable bonds is 4. The van der Waals surface area contributed by atoms with Crippen molar-refractivity contribution in [3.8, 4) is 6.07 Å². The first-order valence-corrected chi connectivity index (χ1v) is 8.29. The standard InChI is InChI=1S/C17H26N2O/c1-3-4-16(20)19(2)15(10-18)17-13-6-11-5-12(8-13)9-14(17)7-11/h11-15,17H,3-9H2,1-2H3. The first-order chi connectivity index (χ1) is 9.63. The van der Waals surface area contributed by atoms with E-state index in [9.17, 15) is 10.1 Å². The van der Waals surface area contributed by atoms with Gasteiger partial charge < -0.3 is 4.90 Å². The van der Waals surface area contributed by atoms with E-state index in [1.165, 1.54) is 32.1 Å². The Bertz CT molecular complexity index is 397. The van der Waals surface area contributed by atoms with Gasteiger partial charge in [0.15, 0.2) is 0 Å². The van der Waals surface area contributed by atoms with Crippen LogP contribution in [0.15, 0.2) is 0 Å². The van der Waals surface area contributed by atoms with Crippen molar-refractivity contribution >= 4 is 5.91 Å². The van der Waals surface area contributed by atoms with Gasteiger partial charge in [0.05, 0.1) is 6.07 Å². The maximum atomic E-state index is 12.2. The van der Waals surface area contributed by atoms with Crippen LogP contribution in [0, 0.1) is 40.9 Å². The number of amides is 1. The van der Waals surface area contributed by atoms with Gasteiger partial charge in [-0.2, -0.15) is 5.26 Å². The Hall–Kier alpha value is -1.04. The van der Waals surface area contributed by atoms with E-state index in [1.807, 2.05) is 14.0 Å². The monoisotopic (exact) mass is 274 g/mol. The third-order valence-corrected chi connectivity index (χ3v) is 6.07. The minimum Gasteiger partial charge on any atom is -0.329 e. The van der Waals surface area contributed by atoms with Gasteiger partial charge >= 0.3 is 0 Å². The summed E-state index contributed by atoms with van der Waals surface area (Å²) in [5.41, 5.74) is 0. The van der Waals surface area contributed by atoms with Gasteiger partial charge in [-0.3, -0.25) is 4.79 Å². The van der Waals surface area contributed by atoms with E-state index in [1.54, 1.807) is 4.90 Å². The van der Waals surface area contributed by atoms with Crippen LogP contribution >= 0.6 is 0 Å². The van der Waals surface area contributed by atoms with Gasteiger partial charge in [-0.25, -0.2) is 0 Å². The highest BCUT2D eigenvalue weighted by Gasteiger charge is 2.51. The fourth-order valence-electron chi connectivity index (χ4n) is 5.46. The lowest BCUT2D eigenvalue weighted by molar-refractivity contribution is -0.135. The second-order valence-electron chi connectivity index (χ2n) is 7.34. The Morgan fingerprint density at radius 2 is 1.75 bits per heavy atom. The van der Waals surface area contributed by atoms with Gasteiger partial charge in [0, 0.05) is 13.5 Å². The molecule has 0 aromatic rings. The van der Waals surface area contributed by atoms with Crippen LogP contribution < -0.4 is 0 Å². The van der Waals surface area contributed by atoms with Crippen molar-refractivity contribution < 1.29 is 4.79 Å². The Morgan fingerprint density at radius 3 is 2.20 bits per heavy atom. The van der Waals surface area contributed by atoms with Crippen molar-refractivity contribution in [2.75, 3.05) is 7.05 Å². The summed E-state index contributed by atoms with van der Waals surface area (Å²) in [5.74, 6) is 3.83. The van der Waals surface area contributed by atoms with Crippen LogP contribution in [0.3, 0.4) is 0 Å². The summed E-state index contributed by atoms with van der Waals surface area (Å²) in [5, 5.41) is 9.65. The number of carbonyl (C=O) groups is 1. The first kappa shape index (κ1) is 13.9. The van der Waals surface area contributed by atoms with E-state index >= 15 is 0 Å². The van der Waals surface area contributed by atoms with E-state index in [4.69, 9.17) is 0 Å². The Morgan fingerprint density at radius 1 is 1.20 bits per heavy atom. The largest absolute Gasteiger partial charge is 0.329 e. The zero-order valence-corrected chi connectivity index (χ0v) is 12.7. The molecule has 4 fully saturated rings. The molecule has 0 spiro atoms. The van der Waals surface area contributed by atoms with Gasteiger partial charge in [0.2, 0.25) is 5.91 Å². The molecule has 3 nitrogen and oxygen atoms in total. The molecule has 0 N–H and O–H groups in total. The molecule has 0 saturated heterocycles. The third-order valence-electron chi connectivity index (χ3n) is 6.07. The van der Waals surface area contributed by atoms with Gasteiger partial charge in [-0.15, -0.1) is 0 Å². The van der Waals surface area contributed by atoms with Crippen molar-refractivity contribution in [1.82, 2.24) is 4.90 Å². The molecule has 1 amide bonds. The summed E-state index contributed by atoms with van der Waals surface area (Å²) in [6, 6.07) is 2.28. The van der Waals surface area contributed by atoms with Gasteiger partial charge in [-0.1, -0.05) is 6.92 Å². The van der Waals surface area contributed by atoms with Crippen molar-refractivity contribution in [3.63, 3.8) is 0 Å². The lowest BCUT2D eigenvalue weighted by Gasteiger charge is -2.56. The highest BCUT2D eigenvalue weighted by molar-refractivity contribution is 5.76. The molecule has 0 aromatic heterocycles. The SMILES string of the molecule is CCCC(=O)N(C)C(C#N)C1C2CC3CC(C2)CC1C3. The van der Waals surface area contributed by atoms with E-state index in [0.29, 0.717) is 24.2 Å². The molecule has 4 aliphatic rings. The lowest BCUT2D eigenvalue weighted by Crippen LogP contribution is -2.53. The number of carbonyl (C=O) groups excluding carboxylic acids is 1. The van der Waals surface area contributed by atoms with Crippen LogP contribution in [0.25, 0.3) is 0 Å². The van der Waals surface area contributed by atoms with Gasteiger partial charge in [0.1, 0.15) is 6.04 Å². The van der Waals surface area contributed by atoms with Crippen molar-refractivity contribution in [2.45, 2.75) is 57.9 Å². The third kappa shape index (κ3) is 2.24. The van der Waals surface area contributed by atoms with Crippen LogP contribution in [-0.4, -0.2) is 23.9 Å². The fourth-order valence-corrected chi connectivity index (χ4v) is 5.46. The maximum absolute atomic E-state index is 12.2. The Labute approximate surface area is 122 Å². The maximum Gasteiger partial charge on any atom is 0.223 e. The van der Waals surface area contributed by atoms with E-state index in [2.05, 4.69) is 6.07 Å². The fraction of sp³-hybridized carbons (Fsp3) is 0.882. The minimum absolute atomic E-state index is 0.146. The average Bonchev–Trinajstić information content (AvgIpc) is 2.41. The zero-order valence-electron chi connectivity index (χ0n) is 12.7. The Balaban J connectivity index is 1.76. The smallest absolute Gasteiger partial charge is 0.223 e. The predicted octanol–water partition coefficient (Wildman–Crippen LogP) is 3.21. The van der Waals surface area contributed by atoms with E-state index in [0.717, 1.165) is 18.3 Å². The number of nitrogens with zero attached hydrogens (tertiary/aromatic N) is 2.